The van der Waals surface area contributed by atoms with Gasteiger partial charge in [0, 0.05) is 26.2 Å². The van der Waals surface area contributed by atoms with Crippen LogP contribution < -0.4 is 5.32 Å². The summed E-state index contributed by atoms with van der Waals surface area (Å²) in [6.07, 6.45) is 3.29. The summed E-state index contributed by atoms with van der Waals surface area (Å²) in [4.78, 5) is 13.9. The maximum Gasteiger partial charge on any atom is 0.243 e. The van der Waals surface area contributed by atoms with Crippen LogP contribution in [0.15, 0.2) is 36.4 Å². The summed E-state index contributed by atoms with van der Waals surface area (Å²) in [5.41, 5.74) is 2.45. The molecule has 1 saturated heterocycles. The average Bonchev–Trinajstić information content (AvgIpc) is 2.48. The van der Waals surface area contributed by atoms with Crippen molar-refractivity contribution in [2.24, 2.45) is 0 Å². The minimum absolute atomic E-state index is 0.0475. The molecule has 108 valence electrons. The van der Waals surface area contributed by atoms with Gasteiger partial charge in [0.15, 0.2) is 0 Å². The third-order valence-electron chi connectivity index (χ3n) is 3.39. The van der Waals surface area contributed by atoms with Crippen LogP contribution >= 0.6 is 0 Å². The Bertz CT molecular complexity index is 465. The fourth-order valence-corrected chi connectivity index (χ4v) is 2.28. The first-order chi connectivity index (χ1) is 9.79. The second kappa shape index (κ2) is 7.82. The van der Waals surface area contributed by atoms with Crippen LogP contribution in [0.2, 0.25) is 0 Å². The lowest BCUT2D eigenvalue weighted by molar-refractivity contribution is -0.116. The van der Waals surface area contributed by atoms with Gasteiger partial charge in [0.1, 0.15) is 0 Å². The van der Waals surface area contributed by atoms with Crippen molar-refractivity contribution >= 4 is 5.91 Å². The third-order valence-corrected chi connectivity index (χ3v) is 3.39. The summed E-state index contributed by atoms with van der Waals surface area (Å²) in [6.45, 7) is 6.88. The van der Waals surface area contributed by atoms with Crippen LogP contribution in [0.5, 0.6) is 0 Å². The minimum Gasteiger partial charge on any atom is -0.379 e. The number of amides is 1. The summed E-state index contributed by atoms with van der Waals surface area (Å²) in [5.74, 6) is -0.0475. The molecule has 1 amide bonds. The fraction of sp³-hybridized carbons (Fsp3) is 0.438. The van der Waals surface area contributed by atoms with Gasteiger partial charge in [-0.15, -0.1) is 0 Å². The molecule has 0 spiro atoms. The first-order valence-corrected chi connectivity index (χ1v) is 7.07. The van der Waals surface area contributed by atoms with Crippen molar-refractivity contribution in [3.63, 3.8) is 0 Å². The predicted molar refractivity (Wildman–Crippen MR) is 79.2 cm³/mol. The van der Waals surface area contributed by atoms with Crippen LogP contribution in [0, 0.1) is 0 Å². The highest BCUT2D eigenvalue weighted by Gasteiger charge is 2.12. The van der Waals surface area contributed by atoms with Crippen molar-refractivity contribution < 1.29 is 9.53 Å². The number of carbonyl (C=O) groups is 1. The van der Waals surface area contributed by atoms with E-state index in [1.54, 1.807) is 12.2 Å². The first-order valence-electron chi connectivity index (χ1n) is 7.07. The molecule has 4 nitrogen and oxygen atoms in total. The van der Waals surface area contributed by atoms with Gasteiger partial charge in [0.2, 0.25) is 5.91 Å². The monoisotopic (exact) mass is 274 g/mol. The molecule has 2 rings (SSSR count). The molecule has 20 heavy (non-hydrogen) atoms. The van der Waals surface area contributed by atoms with Gasteiger partial charge in [-0.25, -0.2) is 0 Å². The van der Waals surface area contributed by atoms with Crippen LogP contribution in [-0.2, 0) is 22.6 Å². The molecular formula is C16H22N2O2. The Hall–Kier alpha value is -1.65. The summed E-state index contributed by atoms with van der Waals surface area (Å²) in [6, 6.07) is 8.27. The van der Waals surface area contributed by atoms with E-state index in [4.69, 9.17) is 4.74 Å². The highest BCUT2D eigenvalue weighted by atomic mass is 16.5. The van der Waals surface area contributed by atoms with Crippen molar-refractivity contribution in [3.05, 3.63) is 47.5 Å². The molecule has 1 aliphatic heterocycles. The summed E-state index contributed by atoms with van der Waals surface area (Å²) >= 11 is 0. The Kier molecular flexibility index (Phi) is 5.77. The van der Waals surface area contributed by atoms with E-state index in [-0.39, 0.29) is 5.91 Å². The molecule has 0 aliphatic carbocycles. The molecule has 1 aliphatic rings. The van der Waals surface area contributed by atoms with E-state index in [0.717, 1.165) is 32.8 Å². The summed E-state index contributed by atoms with van der Waals surface area (Å²) < 4.78 is 5.37. The van der Waals surface area contributed by atoms with Crippen molar-refractivity contribution in [1.82, 2.24) is 10.2 Å². The molecule has 1 N–H and O–H groups in total. The average molecular weight is 274 g/mol. The topological polar surface area (TPSA) is 41.6 Å². The Labute approximate surface area is 120 Å². The second-order valence-corrected chi connectivity index (χ2v) is 4.88. The summed E-state index contributed by atoms with van der Waals surface area (Å²) in [7, 11) is 0. The molecule has 1 aromatic carbocycles. The Morgan fingerprint density at radius 1 is 1.30 bits per heavy atom. The highest BCUT2D eigenvalue weighted by Crippen LogP contribution is 2.12. The van der Waals surface area contributed by atoms with E-state index in [1.807, 2.05) is 19.1 Å². The lowest BCUT2D eigenvalue weighted by Crippen LogP contribution is -2.36. The molecule has 1 aromatic rings. The largest absolute Gasteiger partial charge is 0.379 e. The predicted octanol–water partition coefficient (Wildman–Crippen LogP) is 1.71. The normalized spacial score (nSPS) is 16.4. The number of morpholine rings is 1. The molecule has 0 radical (unpaired) electrons. The van der Waals surface area contributed by atoms with E-state index in [9.17, 15) is 4.79 Å². The number of carbonyl (C=O) groups excluding carboxylic acids is 1. The number of allylic oxidation sites excluding steroid dienone is 1. The SMILES string of the molecule is C/C=C/C(=O)NCc1ccccc1CN1CCOCC1. The van der Waals surface area contributed by atoms with Gasteiger partial charge in [0.05, 0.1) is 13.2 Å². The number of hydrogen-bond acceptors (Lipinski definition) is 3. The highest BCUT2D eigenvalue weighted by molar-refractivity contribution is 5.87. The van der Waals surface area contributed by atoms with Gasteiger partial charge in [-0.05, 0) is 24.1 Å². The van der Waals surface area contributed by atoms with Crippen LogP contribution in [-0.4, -0.2) is 37.1 Å². The maximum atomic E-state index is 11.5. The van der Waals surface area contributed by atoms with Crippen LogP contribution in [0.3, 0.4) is 0 Å². The standard InChI is InChI=1S/C16H22N2O2/c1-2-5-16(19)17-12-14-6-3-4-7-15(14)13-18-8-10-20-11-9-18/h2-7H,8-13H2,1H3,(H,17,19)/b5-2+. The fourth-order valence-electron chi connectivity index (χ4n) is 2.28. The van der Waals surface area contributed by atoms with Gasteiger partial charge >= 0.3 is 0 Å². The van der Waals surface area contributed by atoms with E-state index in [1.165, 1.54) is 11.1 Å². The zero-order valence-electron chi connectivity index (χ0n) is 12.0. The molecular weight excluding hydrogens is 252 g/mol. The maximum absolute atomic E-state index is 11.5. The molecule has 0 unspecified atom stereocenters. The number of rotatable bonds is 5. The molecule has 0 bridgehead atoms. The minimum atomic E-state index is -0.0475. The van der Waals surface area contributed by atoms with Crippen molar-refractivity contribution in [2.75, 3.05) is 26.3 Å². The van der Waals surface area contributed by atoms with Crippen molar-refractivity contribution in [2.45, 2.75) is 20.0 Å². The van der Waals surface area contributed by atoms with Crippen molar-refractivity contribution in [1.29, 1.82) is 0 Å². The van der Waals surface area contributed by atoms with E-state index >= 15 is 0 Å². The molecule has 4 heteroatoms. The number of ether oxygens (including phenoxy) is 1. The second-order valence-electron chi connectivity index (χ2n) is 4.88. The molecule has 1 heterocycles. The van der Waals surface area contributed by atoms with Gasteiger partial charge in [-0.3, -0.25) is 9.69 Å². The Morgan fingerprint density at radius 2 is 2.00 bits per heavy atom. The Balaban J connectivity index is 1.96. The van der Waals surface area contributed by atoms with Crippen LogP contribution in [0.25, 0.3) is 0 Å². The van der Waals surface area contributed by atoms with Gasteiger partial charge < -0.3 is 10.1 Å². The third kappa shape index (κ3) is 4.47. The molecule has 1 fully saturated rings. The van der Waals surface area contributed by atoms with E-state index < -0.39 is 0 Å². The van der Waals surface area contributed by atoms with Gasteiger partial charge in [-0.2, -0.15) is 0 Å². The number of nitrogens with zero attached hydrogens (tertiary/aromatic N) is 1. The van der Waals surface area contributed by atoms with Gasteiger partial charge in [-0.1, -0.05) is 30.3 Å². The number of benzene rings is 1. The smallest absolute Gasteiger partial charge is 0.243 e. The number of hydrogen-bond donors (Lipinski definition) is 1. The van der Waals surface area contributed by atoms with Gasteiger partial charge in [0.25, 0.3) is 0 Å². The lowest BCUT2D eigenvalue weighted by Gasteiger charge is -2.27. The van der Waals surface area contributed by atoms with Crippen LogP contribution in [0.1, 0.15) is 18.1 Å². The zero-order valence-corrected chi connectivity index (χ0v) is 12.0. The number of nitrogens with one attached hydrogen (secondary N) is 1. The van der Waals surface area contributed by atoms with E-state index in [0.29, 0.717) is 6.54 Å². The quantitative estimate of drug-likeness (QED) is 0.831. The molecule has 0 atom stereocenters. The van der Waals surface area contributed by atoms with Crippen LogP contribution in [0.4, 0.5) is 0 Å². The zero-order chi connectivity index (χ0) is 14.2. The molecule has 0 saturated carbocycles. The Morgan fingerprint density at radius 3 is 2.70 bits per heavy atom. The summed E-state index contributed by atoms with van der Waals surface area (Å²) in [5, 5.41) is 2.91. The lowest BCUT2D eigenvalue weighted by atomic mass is 10.1. The molecule has 0 aromatic heterocycles. The van der Waals surface area contributed by atoms with Crippen molar-refractivity contribution in [3.8, 4) is 0 Å². The first kappa shape index (κ1) is 14.8. The van der Waals surface area contributed by atoms with E-state index in [2.05, 4.69) is 22.3 Å².